The van der Waals surface area contributed by atoms with Crippen molar-refractivity contribution >= 4 is 23.2 Å². The van der Waals surface area contributed by atoms with Crippen LogP contribution in [0.4, 0.5) is 0 Å². The Bertz CT molecular complexity index is 1170. The Morgan fingerprint density at radius 3 is 2.50 bits per heavy atom. The van der Waals surface area contributed by atoms with Crippen LogP contribution in [0.15, 0.2) is 65.2 Å². The third-order valence-corrected chi connectivity index (χ3v) is 5.06. The van der Waals surface area contributed by atoms with Crippen molar-refractivity contribution in [3.63, 3.8) is 0 Å². The van der Waals surface area contributed by atoms with Crippen molar-refractivity contribution in [2.45, 2.75) is 13.5 Å². The Kier molecular flexibility index (Phi) is 5.93. The van der Waals surface area contributed by atoms with Gasteiger partial charge in [-0.3, -0.25) is 0 Å². The Morgan fingerprint density at radius 1 is 0.933 bits per heavy atom. The highest BCUT2D eigenvalue weighted by Crippen LogP contribution is 2.32. The van der Waals surface area contributed by atoms with Gasteiger partial charge >= 0.3 is 0 Å². The summed E-state index contributed by atoms with van der Waals surface area (Å²) in [6.07, 6.45) is 0. The molecule has 152 valence electrons. The first-order valence-electron chi connectivity index (χ1n) is 9.19. The molecule has 0 amide bonds. The van der Waals surface area contributed by atoms with Crippen LogP contribution >= 0.6 is 23.2 Å². The summed E-state index contributed by atoms with van der Waals surface area (Å²) in [4.78, 5) is 4.48. The molecule has 0 fully saturated rings. The molecule has 0 aliphatic carbocycles. The topological polar surface area (TPSA) is 57.4 Å². The molecule has 0 saturated carbocycles. The van der Waals surface area contributed by atoms with Crippen LogP contribution in [0.5, 0.6) is 11.5 Å². The van der Waals surface area contributed by atoms with E-state index in [0.29, 0.717) is 45.4 Å². The molecular formula is C23H18Cl2N2O3. The minimum absolute atomic E-state index is 0.401. The molecule has 7 heteroatoms. The summed E-state index contributed by atoms with van der Waals surface area (Å²) in [5.74, 6) is 2.10. The third-order valence-electron chi connectivity index (χ3n) is 4.51. The van der Waals surface area contributed by atoms with Gasteiger partial charge in [0.2, 0.25) is 5.82 Å². The number of ether oxygens (including phenoxy) is 2. The van der Waals surface area contributed by atoms with Crippen molar-refractivity contribution in [1.82, 2.24) is 10.1 Å². The average Bonchev–Trinajstić information content (AvgIpc) is 3.25. The predicted octanol–water partition coefficient (Wildman–Crippen LogP) is 6.61. The van der Waals surface area contributed by atoms with Gasteiger partial charge in [-0.1, -0.05) is 46.6 Å². The van der Waals surface area contributed by atoms with Gasteiger partial charge in [-0.2, -0.15) is 4.98 Å². The Hall–Kier alpha value is -3.02. The molecule has 0 N–H and O–H groups in total. The van der Waals surface area contributed by atoms with Crippen LogP contribution < -0.4 is 9.47 Å². The maximum Gasteiger partial charge on any atom is 0.258 e. The summed E-state index contributed by atoms with van der Waals surface area (Å²) in [6.45, 7) is 2.40. The summed E-state index contributed by atoms with van der Waals surface area (Å²) >= 11 is 12.3. The van der Waals surface area contributed by atoms with E-state index in [4.69, 9.17) is 37.2 Å². The first-order chi connectivity index (χ1) is 14.5. The van der Waals surface area contributed by atoms with Gasteiger partial charge in [-0.05, 0) is 60.5 Å². The van der Waals surface area contributed by atoms with Crippen LogP contribution in [0.2, 0.25) is 10.0 Å². The van der Waals surface area contributed by atoms with Gasteiger partial charge in [0, 0.05) is 10.6 Å². The molecule has 0 spiro atoms. The highest BCUT2D eigenvalue weighted by molar-refractivity contribution is 6.32. The number of benzene rings is 3. The molecule has 0 bridgehead atoms. The molecule has 0 radical (unpaired) electrons. The van der Waals surface area contributed by atoms with Crippen molar-refractivity contribution in [3.05, 3.63) is 81.8 Å². The zero-order valence-corrected chi connectivity index (χ0v) is 17.9. The minimum Gasteiger partial charge on any atom is -0.496 e. The zero-order valence-electron chi connectivity index (χ0n) is 16.4. The van der Waals surface area contributed by atoms with Crippen molar-refractivity contribution in [2.24, 2.45) is 0 Å². The largest absolute Gasteiger partial charge is 0.496 e. The standard InChI is InChI=1S/C23H18Cl2N2O3/c1-14-3-9-19(25)21(11-14)29-13-15-4-6-16(7-5-15)23-26-22(27-30-23)18-12-17(24)8-10-20(18)28-2/h3-12H,13H2,1-2H3. The SMILES string of the molecule is COc1ccc(Cl)cc1-c1noc(-c2ccc(COc3cc(C)ccc3Cl)cc2)n1. The summed E-state index contributed by atoms with van der Waals surface area (Å²) in [5, 5.41) is 5.22. The molecule has 5 nitrogen and oxygen atoms in total. The molecular weight excluding hydrogens is 423 g/mol. The first-order valence-corrected chi connectivity index (χ1v) is 9.95. The molecule has 4 aromatic rings. The lowest BCUT2D eigenvalue weighted by Gasteiger charge is -2.09. The zero-order chi connectivity index (χ0) is 21.1. The second kappa shape index (κ2) is 8.78. The Balaban J connectivity index is 1.50. The highest BCUT2D eigenvalue weighted by Gasteiger charge is 2.15. The van der Waals surface area contributed by atoms with Crippen LogP contribution in [0.25, 0.3) is 22.8 Å². The maximum atomic E-state index is 6.18. The fourth-order valence-electron chi connectivity index (χ4n) is 2.93. The molecule has 3 aromatic carbocycles. The van der Waals surface area contributed by atoms with Crippen molar-refractivity contribution in [2.75, 3.05) is 7.11 Å². The molecule has 4 rings (SSSR count). The quantitative estimate of drug-likeness (QED) is 0.337. The molecule has 0 aliphatic heterocycles. The van der Waals surface area contributed by atoms with E-state index in [0.717, 1.165) is 16.7 Å². The van der Waals surface area contributed by atoms with Gasteiger partial charge in [0.25, 0.3) is 5.89 Å². The highest BCUT2D eigenvalue weighted by atomic mass is 35.5. The van der Waals surface area contributed by atoms with Crippen molar-refractivity contribution < 1.29 is 14.0 Å². The van der Waals surface area contributed by atoms with E-state index >= 15 is 0 Å². The Morgan fingerprint density at radius 2 is 1.73 bits per heavy atom. The lowest BCUT2D eigenvalue weighted by Crippen LogP contribution is -1.96. The second-order valence-electron chi connectivity index (χ2n) is 6.69. The number of halogens is 2. The molecule has 0 atom stereocenters. The summed E-state index contributed by atoms with van der Waals surface area (Å²) < 4.78 is 16.6. The number of methoxy groups -OCH3 is 1. The fourth-order valence-corrected chi connectivity index (χ4v) is 3.28. The summed E-state index contributed by atoms with van der Waals surface area (Å²) in [5.41, 5.74) is 3.55. The van der Waals surface area contributed by atoms with Crippen LogP contribution in [0.3, 0.4) is 0 Å². The molecule has 0 unspecified atom stereocenters. The van der Waals surface area contributed by atoms with Gasteiger partial charge < -0.3 is 14.0 Å². The molecule has 1 aromatic heterocycles. The predicted molar refractivity (Wildman–Crippen MR) is 117 cm³/mol. The van der Waals surface area contributed by atoms with E-state index in [1.807, 2.05) is 49.4 Å². The van der Waals surface area contributed by atoms with Crippen molar-refractivity contribution in [1.29, 1.82) is 0 Å². The molecule has 0 aliphatic rings. The number of hydrogen-bond donors (Lipinski definition) is 0. The van der Waals surface area contributed by atoms with Gasteiger partial charge in [0.05, 0.1) is 17.7 Å². The lowest BCUT2D eigenvalue weighted by molar-refractivity contribution is 0.306. The lowest BCUT2D eigenvalue weighted by atomic mass is 10.1. The van der Waals surface area contributed by atoms with E-state index in [1.54, 1.807) is 25.3 Å². The summed E-state index contributed by atoms with van der Waals surface area (Å²) in [6, 6.07) is 18.7. The normalized spacial score (nSPS) is 10.8. The minimum atomic E-state index is 0.401. The Labute approximate surface area is 184 Å². The van der Waals surface area contributed by atoms with Crippen LogP contribution in [-0.4, -0.2) is 17.3 Å². The molecule has 30 heavy (non-hydrogen) atoms. The van der Waals surface area contributed by atoms with E-state index in [9.17, 15) is 0 Å². The summed E-state index contributed by atoms with van der Waals surface area (Å²) in [7, 11) is 1.58. The number of rotatable bonds is 6. The molecule has 1 heterocycles. The van der Waals surface area contributed by atoms with Crippen molar-refractivity contribution in [3.8, 4) is 34.3 Å². The second-order valence-corrected chi connectivity index (χ2v) is 7.53. The van der Waals surface area contributed by atoms with Crippen LogP contribution in [0, 0.1) is 6.92 Å². The van der Waals surface area contributed by atoms with E-state index < -0.39 is 0 Å². The maximum absolute atomic E-state index is 6.18. The van der Waals surface area contributed by atoms with E-state index in [2.05, 4.69) is 10.1 Å². The van der Waals surface area contributed by atoms with Gasteiger partial charge in [0.15, 0.2) is 0 Å². The third kappa shape index (κ3) is 4.42. The number of hydrogen-bond acceptors (Lipinski definition) is 5. The number of aromatic nitrogens is 2. The van der Waals surface area contributed by atoms with Gasteiger partial charge in [0.1, 0.15) is 18.1 Å². The van der Waals surface area contributed by atoms with Crippen LogP contribution in [-0.2, 0) is 6.61 Å². The number of nitrogens with zero attached hydrogens (tertiary/aromatic N) is 2. The monoisotopic (exact) mass is 440 g/mol. The van der Waals surface area contributed by atoms with Gasteiger partial charge in [-0.25, -0.2) is 0 Å². The average molecular weight is 441 g/mol. The molecule has 0 saturated heterocycles. The fraction of sp³-hybridized carbons (Fsp3) is 0.130. The van der Waals surface area contributed by atoms with E-state index in [1.165, 1.54) is 0 Å². The van der Waals surface area contributed by atoms with Crippen LogP contribution in [0.1, 0.15) is 11.1 Å². The van der Waals surface area contributed by atoms with E-state index in [-0.39, 0.29) is 0 Å². The first kappa shape index (κ1) is 20.3. The number of aryl methyl sites for hydroxylation is 1. The van der Waals surface area contributed by atoms with Gasteiger partial charge in [-0.15, -0.1) is 0 Å². The smallest absolute Gasteiger partial charge is 0.258 e.